The number of piperidine rings is 1. The molecule has 0 atom stereocenters. The van der Waals surface area contributed by atoms with Crippen molar-refractivity contribution in [2.45, 2.75) is 39.7 Å². The summed E-state index contributed by atoms with van der Waals surface area (Å²) in [6.07, 6.45) is 5.60. The quantitative estimate of drug-likeness (QED) is 0.394. The van der Waals surface area contributed by atoms with Gasteiger partial charge in [0.1, 0.15) is 5.82 Å². The molecule has 2 fully saturated rings. The first-order valence-corrected chi connectivity index (χ1v) is 11.3. The second-order valence-electron chi connectivity index (χ2n) is 8.12. The monoisotopic (exact) mass is 402 g/mol. The van der Waals surface area contributed by atoms with E-state index >= 15 is 0 Å². The van der Waals surface area contributed by atoms with Crippen molar-refractivity contribution in [3.05, 3.63) is 23.9 Å². The number of hydrogen-bond acceptors (Lipinski definition) is 5. The molecule has 2 saturated heterocycles. The van der Waals surface area contributed by atoms with Gasteiger partial charge in [0.2, 0.25) is 0 Å². The Morgan fingerprint density at radius 1 is 1.17 bits per heavy atom. The zero-order valence-electron chi connectivity index (χ0n) is 18.2. The molecule has 1 aromatic heterocycles. The number of ether oxygens (including phenoxy) is 1. The molecule has 3 rings (SSSR count). The molecule has 0 amide bonds. The highest BCUT2D eigenvalue weighted by molar-refractivity contribution is 5.79. The van der Waals surface area contributed by atoms with Gasteiger partial charge < -0.3 is 20.3 Å². The van der Waals surface area contributed by atoms with Crippen LogP contribution in [0.3, 0.4) is 0 Å². The van der Waals surface area contributed by atoms with Crippen LogP contribution in [-0.4, -0.2) is 74.9 Å². The van der Waals surface area contributed by atoms with E-state index in [-0.39, 0.29) is 0 Å². The lowest BCUT2D eigenvalue weighted by atomic mass is 9.99. The molecule has 2 aliphatic heterocycles. The average molecular weight is 403 g/mol. The van der Waals surface area contributed by atoms with Crippen molar-refractivity contribution < 1.29 is 4.74 Å². The van der Waals surface area contributed by atoms with Crippen molar-refractivity contribution in [3.8, 4) is 0 Å². The summed E-state index contributed by atoms with van der Waals surface area (Å²) in [4.78, 5) is 14.3. The van der Waals surface area contributed by atoms with E-state index in [2.05, 4.69) is 51.4 Å². The SMILES string of the molecule is CCNC(=NCc1ccc(N2CCC(C)CC2)nc1)NCCCN1CCOCC1. The first kappa shape index (κ1) is 21.8. The number of aliphatic imine (C=N–C) groups is 1. The van der Waals surface area contributed by atoms with Gasteiger partial charge >= 0.3 is 0 Å². The lowest BCUT2D eigenvalue weighted by molar-refractivity contribution is 0.0376. The minimum atomic E-state index is 0.642. The molecule has 1 aromatic rings. The van der Waals surface area contributed by atoms with Gasteiger partial charge in [-0.2, -0.15) is 0 Å². The van der Waals surface area contributed by atoms with E-state index in [4.69, 9.17) is 9.73 Å². The highest BCUT2D eigenvalue weighted by Gasteiger charge is 2.16. The van der Waals surface area contributed by atoms with Crippen molar-refractivity contribution in [2.75, 3.05) is 63.9 Å². The maximum Gasteiger partial charge on any atom is 0.191 e. The van der Waals surface area contributed by atoms with Crippen molar-refractivity contribution in [2.24, 2.45) is 10.9 Å². The van der Waals surface area contributed by atoms with E-state index in [0.717, 1.165) is 88.7 Å². The summed E-state index contributed by atoms with van der Waals surface area (Å²) in [5.74, 6) is 2.81. The molecule has 3 heterocycles. The molecule has 0 radical (unpaired) electrons. The van der Waals surface area contributed by atoms with Crippen LogP contribution in [0.5, 0.6) is 0 Å². The number of pyridine rings is 1. The normalized spacial score (nSPS) is 19.4. The van der Waals surface area contributed by atoms with Crippen LogP contribution in [0.1, 0.15) is 38.7 Å². The van der Waals surface area contributed by atoms with E-state index in [9.17, 15) is 0 Å². The van der Waals surface area contributed by atoms with Crippen molar-refractivity contribution in [3.63, 3.8) is 0 Å². The van der Waals surface area contributed by atoms with Gasteiger partial charge in [-0.15, -0.1) is 0 Å². The Morgan fingerprint density at radius 3 is 2.66 bits per heavy atom. The largest absolute Gasteiger partial charge is 0.379 e. The number of aromatic nitrogens is 1. The Hall–Kier alpha value is -1.86. The summed E-state index contributed by atoms with van der Waals surface area (Å²) < 4.78 is 5.40. The molecule has 0 bridgehead atoms. The first-order chi connectivity index (χ1) is 14.2. The third-order valence-electron chi connectivity index (χ3n) is 5.73. The van der Waals surface area contributed by atoms with Crippen LogP contribution in [0.25, 0.3) is 0 Å². The summed E-state index contributed by atoms with van der Waals surface area (Å²) in [5, 5.41) is 6.79. The third kappa shape index (κ3) is 7.48. The molecule has 0 aromatic carbocycles. The van der Waals surface area contributed by atoms with Gasteiger partial charge in [-0.25, -0.2) is 9.98 Å². The smallest absolute Gasteiger partial charge is 0.191 e. The number of rotatable bonds is 8. The van der Waals surface area contributed by atoms with Gasteiger partial charge in [0.25, 0.3) is 0 Å². The zero-order valence-corrected chi connectivity index (χ0v) is 18.2. The van der Waals surface area contributed by atoms with E-state index in [0.29, 0.717) is 6.54 Å². The lowest BCUT2D eigenvalue weighted by Crippen LogP contribution is -2.40. The standard InChI is InChI=1S/C22H38N6O/c1-3-23-22(24-9-4-10-27-13-15-29-16-14-27)26-18-20-5-6-21(25-17-20)28-11-7-19(2)8-12-28/h5-6,17,19H,3-4,7-16,18H2,1-2H3,(H2,23,24,26). The number of anilines is 1. The Labute approximate surface area is 175 Å². The summed E-state index contributed by atoms with van der Waals surface area (Å²) in [6, 6.07) is 4.30. The number of guanidine groups is 1. The van der Waals surface area contributed by atoms with Gasteiger partial charge in [0.05, 0.1) is 19.8 Å². The second-order valence-corrected chi connectivity index (χ2v) is 8.12. The van der Waals surface area contributed by atoms with E-state index < -0.39 is 0 Å². The maximum atomic E-state index is 5.40. The number of nitrogens with one attached hydrogen (secondary N) is 2. The summed E-state index contributed by atoms with van der Waals surface area (Å²) >= 11 is 0. The molecule has 7 heteroatoms. The molecule has 162 valence electrons. The van der Waals surface area contributed by atoms with Gasteiger partial charge in [0, 0.05) is 45.5 Å². The van der Waals surface area contributed by atoms with Crippen molar-refractivity contribution >= 4 is 11.8 Å². The molecule has 0 unspecified atom stereocenters. The Bertz CT molecular complexity index is 606. The predicted molar refractivity (Wildman–Crippen MR) is 120 cm³/mol. The van der Waals surface area contributed by atoms with Gasteiger partial charge in [-0.05, 0) is 50.3 Å². The van der Waals surface area contributed by atoms with Crippen LogP contribution in [0.15, 0.2) is 23.3 Å². The Kier molecular flexibility index (Phi) is 9.02. The summed E-state index contributed by atoms with van der Waals surface area (Å²) in [7, 11) is 0. The molecule has 0 saturated carbocycles. The molecule has 0 spiro atoms. The Morgan fingerprint density at radius 2 is 1.97 bits per heavy atom. The molecule has 2 aliphatic rings. The number of morpholine rings is 1. The molecule has 2 N–H and O–H groups in total. The maximum absolute atomic E-state index is 5.40. The van der Waals surface area contributed by atoms with Crippen LogP contribution in [0, 0.1) is 5.92 Å². The van der Waals surface area contributed by atoms with E-state index in [1.165, 1.54) is 12.8 Å². The highest BCUT2D eigenvalue weighted by atomic mass is 16.5. The highest BCUT2D eigenvalue weighted by Crippen LogP contribution is 2.21. The van der Waals surface area contributed by atoms with Crippen molar-refractivity contribution in [1.29, 1.82) is 0 Å². The molecular weight excluding hydrogens is 364 g/mol. The summed E-state index contributed by atoms with van der Waals surface area (Å²) in [6.45, 7) is 14.0. The minimum Gasteiger partial charge on any atom is -0.379 e. The lowest BCUT2D eigenvalue weighted by Gasteiger charge is -2.31. The molecule has 29 heavy (non-hydrogen) atoms. The van der Waals surface area contributed by atoms with E-state index in [1.807, 2.05) is 6.20 Å². The van der Waals surface area contributed by atoms with E-state index in [1.54, 1.807) is 0 Å². The topological polar surface area (TPSA) is 65.0 Å². The Balaban J connectivity index is 1.42. The average Bonchev–Trinajstić information content (AvgIpc) is 2.76. The van der Waals surface area contributed by atoms with Crippen molar-refractivity contribution in [1.82, 2.24) is 20.5 Å². The third-order valence-corrected chi connectivity index (χ3v) is 5.73. The zero-order chi connectivity index (χ0) is 20.3. The molecule has 7 nitrogen and oxygen atoms in total. The summed E-state index contributed by atoms with van der Waals surface area (Å²) in [5.41, 5.74) is 1.14. The van der Waals surface area contributed by atoms with Gasteiger partial charge in [-0.1, -0.05) is 13.0 Å². The number of nitrogens with zero attached hydrogens (tertiary/aromatic N) is 4. The fourth-order valence-electron chi connectivity index (χ4n) is 3.78. The molecular formula is C22H38N6O. The van der Waals surface area contributed by atoms with Gasteiger partial charge in [-0.3, -0.25) is 4.90 Å². The first-order valence-electron chi connectivity index (χ1n) is 11.3. The van der Waals surface area contributed by atoms with Crippen LogP contribution < -0.4 is 15.5 Å². The van der Waals surface area contributed by atoms with Gasteiger partial charge in [0.15, 0.2) is 5.96 Å². The fraction of sp³-hybridized carbons (Fsp3) is 0.727. The van der Waals surface area contributed by atoms with Crippen LogP contribution in [0.4, 0.5) is 5.82 Å². The van der Waals surface area contributed by atoms with Crippen LogP contribution >= 0.6 is 0 Å². The second kappa shape index (κ2) is 12.0. The fourth-order valence-corrected chi connectivity index (χ4v) is 3.78. The molecule has 0 aliphatic carbocycles. The number of hydrogen-bond donors (Lipinski definition) is 2. The van der Waals surface area contributed by atoms with Crippen LogP contribution in [0.2, 0.25) is 0 Å². The van der Waals surface area contributed by atoms with Crippen LogP contribution in [-0.2, 0) is 11.3 Å². The minimum absolute atomic E-state index is 0.642. The predicted octanol–water partition coefficient (Wildman–Crippen LogP) is 2.10.